The van der Waals surface area contributed by atoms with Gasteiger partial charge in [-0.25, -0.2) is 9.67 Å². The molecule has 7 nitrogen and oxygen atoms in total. The van der Waals surface area contributed by atoms with Gasteiger partial charge < -0.3 is 14.8 Å². The summed E-state index contributed by atoms with van der Waals surface area (Å²) in [6.45, 7) is 0. The van der Waals surface area contributed by atoms with Crippen LogP contribution in [-0.2, 0) is 6.42 Å². The van der Waals surface area contributed by atoms with Gasteiger partial charge in [-0.2, -0.15) is 5.10 Å². The molecule has 1 aromatic carbocycles. The molecule has 31 heavy (non-hydrogen) atoms. The lowest BCUT2D eigenvalue weighted by Crippen LogP contribution is -2.45. The van der Waals surface area contributed by atoms with E-state index in [1.807, 2.05) is 41.2 Å². The zero-order valence-electron chi connectivity index (χ0n) is 17.1. The van der Waals surface area contributed by atoms with Gasteiger partial charge in [0.15, 0.2) is 5.58 Å². The number of furan rings is 1. The van der Waals surface area contributed by atoms with Crippen molar-refractivity contribution in [2.24, 2.45) is 0 Å². The Bertz CT molecular complexity index is 1180. The highest BCUT2D eigenvalue weighted by Crippen LogP contribution is 2.24. The van der Waals surface area contributed by atoms with E-state index in [2.05, 4.69) is 15.4 Å². The highest BCUT2D eigenvalue weighted by atomic mass is 16.3. The van der Waals surface area contributed by atoms with Crippen molar-refractivity contribution in [3.05, 3.63) is 77.9 Å². The first-order valence-electron chi connectivity index (χ1n) is 10.6. The molecule has 2 N–H and O–H groups in total. The van der Waals surface area contributed by atoms with Crippen LogP contribution in [-0.4, -0.2) is 37.9 Å². The van der Waals surface area contributed by atoms with E-state index in [1.54, 1.807) is 24.6 Å². The molecule has 3 aromatic heterocycles. The van der Waals surface area contributed by atoms with Gasteiger partial charge in [-0.3, -0.25) is 4.79 Å². The first-order chi connectivity index (χ1) is 15.2. The number of aromatic nitrogens is 3. The Labute approximate surface area is 179 Å². The Morgan fingerprint density at radius 3 is 2.81 bits per heavy atom. The van der Waals surface area contributed by atoms with Crippen LogP contribution in [0.2, 0.25) is 0 Å². The Balaban J connectivity index is 1.39. The Morgan fingerprint density at radius 2 is 2.03 bits per heavy atom. The van der Waals surface area contributed by atoms with Crippen LogP contribution in [0.3, 0.4) is 0 Å². The second-order valence-corrected chi connectivity index (χ2v) is 8.03. The molecule has 1 amide bonds. The summed E-state index contributed by atoms with van der Waals surface area (Å²) in [4.78, 5) is 17.4. The summed E-state index contributed by atoms with van der Waals surface area (Å²) in [6, 6.07) is 13.3. The van der Waals surface area contributed by atoms with Crippen molar-refractivity contribution < 1.29 is 14.3 Å². The fourth-order valence-electron chi connectivity index (χ4n) is 4.20. The Kier molecular flexibility index (Phi) is 5.26. The van der Waals surface area contributed by atoms with E-state index in [-0.39, 0.29) is 11.9 Å². The summed E-state index contributed by atoms with van der Waals surface area (Å²) >= 11 is 0. The molecular weight excluding hydrogens is 392 g/mol. The van der Waals surface area contributed by atoms with E-state index in [0.717, 1.165) is 42.5 Å². The van der Waals surface area contributed by atoms with E-state index in [0.29, 0.717) is 23.2 Å². The van der Waals surface area contributed by atoms with Crippen LogP contribution in [0.15, 0.2) is 65.5 Å². The maximum Gasteiger partial charge on any atom is 0.270 e. The maximum absolute atomic E-state index is 12.9. The first kappa shape index (κ1) is 19.5. The van der Waals surface area contributed by atoms with Gasteiger partial charge in [-0.1, -0.05) is 25.0 Å². The Morgan fingerprint density at radius 1 is 1.19 bits per heavy atom. The van der Waals surface area contributed by atoms with Crippen LogP contribution in [0.25, 0.3) is 16.8 Å². The number of carbonyl (C=O) groups is 1. The molecule has 0 spiro atoms. The molecule has 5 rings (SSSR count). The molecule has 1 saturated carbocycles. The topological polar surface area (TPSA) is 93.2 Å². The van der Waals surface area contributed by atoms with Crippen molar-refractivity contribution in [3.8, 4) is 5.69 Å². The van der Waals surface area contributed by atoms with Gasteiger partial charge in [-0.05, 0) is 42.7 Å². The standard InChI is InChI=1S/C24H24N4O3/c29-22-5-2-1-4-19(22)27-24(30)21-15-17(23-20(26-21)10-13-31-23)14-16-6-8-18(9-7-16)28-12-3-11-25-28/h3,6-13,15,19,22,29H,1-2,4-5,14H2,(H,27,30)/t19-,22-/m0/s1. The van der Waals surface area contributed by atoms with Crippen LogP contribution in [0.4, 0.5) is 0 Å². The molecule has 1 fully saturated rings. The van der Waals surface area contributed by atoms with Crippen molar-refractivity contribution >= 4 is 17.0 Å². The summed E-state index contributed by atoms with van der Waals surface area (Å²) in [7, 11) is 0. The summed E-state index contributed by atoms with van der Waals surface area (Å²) in [6.07, 6.45) is 8.87. The fourth-order valence-corrected chi connectivity index (χ4v) is 4.20. The van der Waals surface area contributed by atoms with E-state index >= 15 is 0 Å². The van der Waals surface area contributed by atoms with Gasteiger partial charge in [0.1, 0.15) is 11.2 Å². The molecule has 1 aliphatic carbocycles. The van der Waals surface area contributed by atoms with Gasteiger partial charge >= 0.3 is 0 Å². The zero-order valence-corrected chi connectivity index (χ0v) is 17.1. The van der Waals surface area contributed by atoms with Gasteiger partial charge in [0.2, 0.25) is 0 Å². The average Bonchev–Trinajstić information content (AvgIpc) is 3.48. The molecule has 7 heteroatoms. The van der Waals surface area contributed by atoms with Gasteiger partial charge in [0.25, 0.3) is 5.91 Å². The number of hydrogen-bond acceptors (Lipinski definition) is 5. The third-order valence-corrected chi connectivity index (χ3v) is 5.87. The van der Waals surface area contributed by atoms with E-state index < -0.39 is 6.10 Å². The number of nitrogens with zero attached hydrogens (tertiary/aromatic N) is 3. The van der Waals surface area contributed by atoms with E-state index in [9.17, 15) is 9.90 Å². The summed E-state index contributed by atoms with van der Waals surface area (Å²) < 4.78 is 7.47. The number of benzene rings is 1. The van der Waals surface area contributed by atoms with E-state index in [4.69, 9.17) is 4.42 Å². The molecular formula is C24H24N4O3. The first-order valence-corrected chi connectivity index (χ1v) is 10.6. The Hall–Kier alpha value is -3.45. The van der Waals surface area contributed by atoms with Gasteiger partial charge in [0.05, 0.1) is 24.1 Å². The number of amides is 1. The number of rotatable bonds is 5. The maximum atomic E-state index is 12.9. The molecule has 158 valence electrons. The zero-order chi connectivity index (χ0) is 21.2. The minimum atomic E-state index is -0.497. The monoisotopic (exact) mass is 416 g/mol. The van der Waals surface area contributed by atoms with Crippen LogP contribution in [0.5, 0.6) is 0 Å². The van der Waals surface area contributed by atoms with Gasteiger partial charge in [0, 0.05) is 30.4 Å². The lowest BCUT2D eigenvalue weighted by molar-refractivity contribution is 0.0714. The van der Waals surface area contributed by atoms with Crippen molar-refractivity contribution in [1.29, 1.82) is 0 Å². The predicted octanol–water partition coefficient (Wildman–Crippen LogP) is 3.64. The number of pyridine rings is 1. The van der Waals surface area contributed by atoms with Crippen LogP contribution in [0.1, 0.15) is 47.3 Å². The largest absolute Gasteiger partial charge is 0.462 e. The smallest absolute Gasteiger partial charge is 0.270 e. The average molecular weight is 416 g/mol. The van der Waals surface area contributed by atoms with Crippen LogP contribution in [0, 0.1) is 0 Å². The molecule has 0 radical (unpaired) electrons. The van der Waals surface area contributed by atoms with Crippen molar-refractivity contribution in [1.82, 2.24) is 20.1 Å². The molecule has 0 bridgehead atoms. The lowest BCUT2D eigenvalue weighted by Gasteiger charge is -2.28. The van der Waals surface area contributed by atoms with E-state index in [1.165, 1.54) is 0 Å². The number of aliphatic hydroxyl groups is 1. The highest BCUT2D eigenvalue weighted by molar-refractivity contribution is 5.95. The predicted molar refractivity (Wildman–Crippen MR) is 116 cm³/mol. The number of aliphatic hydroxyl groups excluding tert-OH is 1. The molecule has 2 atom stereocenters. The molecule has 0 unspecified atom stereocenters. The van der Waals surface area contributed by atoms with Crippen LogP contribution < -0.4 is 5.32 Å². The molecule has 0 aliphatic heterocycles. The summed E-state index contributed by atoms with van der Waals surface area (Å²) in [5.74, 6) is -0.260. The number of nitrogens with one attached hydrogen (secondary N) is 1. The van der Waals surface area contributed by atoms with Crippen molar-refractivity contribution in [2.75, 3.05) is 0 Å². The summed E-state index contributed by atoms with van der Waals surface area (Å²) in [5.41, 5.74) is 4.66. The summed E-state index contributed by atoms with van der Waals surface area (Å²) in [5, 5.41) is 17.4. The molecule has 1 aliphatic rings. The number of fused-ring (bicyclic) bond motifs is 1. The molecule has 4 aromatic rings. The third kappa shape index (κ3) is 4.09. The van der Waals surface area contributed by atoms with Crippen LogP contribution >= 0.6 is 0 Å². The minimum Gasteiger partial charge on any atom is -0.462 e. The second-order valence-electron chi connectivity index (χ2n) is 8.03. The molecule has 0 saturated heterocycles. The fraction of sp³-hybridized carbons (Fsp3) is 0.292. The van der Waals surface area contributed by atoms with Gasteiger partial charge in [-0.15, -0.1) is 0 Å². The van der Waals surface area contributed by atoms with Crippen molar-refractivity contribution in [3.63, 3.8) is 0 Å². The normalized spacial score (nSPS) is 18.9. The third-order valence-electron chi connectivity index (χ3n) is 5.87. The second kappa shape index (κ2) is 8.35. The quantitative estimate of drug-likeness (QED) is 0.518. The number of hydrogen-bond donors (Lipinski definition) is 2. The van der Waals surface area contributed by atoms with Crippen molar-refractivity contribution in [2.45, 2.75) is 44.2 Å². The number of carbonyl (C=O) groups excluding carboxylic acids is 1. The minimum absolute atomic E-state index is 0.221. The lowest BCUT2D eigenvalue weighted by atomic mass is 9.92. The highest BCUT2D eigenvalue weighted by Gasteiger charge is 2.25. The molecule has 3 heterocycles. The SMILES string of the molecule is O=C(N[C@H]1CCCC[C@@H]1O)c1cc(Cc2ccc(-n3cccn3)cc2)c2occc2n1.